The molecule has 0 aromatic carbocycles. The number of aromatic nitrogens is 3. The molecule has 3 heterocycles. The lowest BCUT2D eigenvalue weighted by molar-refractivity contribution is 0.944. The maximum atomic E-state index is 5.98. The Kier molecular flexibility index (Phi) is 3.84. The van der Waals surface area contributed by atoms with Crippen LogP contribution in [0, 0.1) is 0 Å². The molecular weight excluding hydrogens is 280 g/mol. The Morgan fingerprint density at radius 1 is 1.37 bits per heavy atom. The number of rotatable bonds is 3. The fraction of sp³-hybridized carbons (Fsp3) is 0.308. The maximum absolute atomic E-state index is 5.98. The fourth-order valence-electron chi connectivity index (χ4n) is 2.04. The highest BCUT2D eigenvalue weighted by Gasteiger charge is 2.17. The van der Waals surface area contributed by atoms with Crippen LogP contribution in [-0.4, -0.2) is 20.7 Å². The Bertz CT molecular complexity index is 576. The van der Waals surface area contributed by atoms with Crippen molar-refractivity contribution in [3.05, 3.63) is 46.6 Å². The molecule has 4 nitrogen and oxygen atoms in total. The first-order valence-electron chi connectivity index (χ1n) is 6.09. The van der Waals surface area contributed by atoms with E-state index in [4.69, 9.17) is 11.6 Å². The summed E-state index contributed by atoms with van der Waals surface area (Å²) in [6.07, 6.45) is 4.57. The standard InChI is InChI=1S/C13H13ClN4S/c14-13-17-11-3-5-19-8-10(11)12(18-13)16-7-9-2-1-4-15-6-9/h1-2,4,6H,3,5,7-8H2,(H,16,17,18). The smallest absolute Gasteiger partial charge is 0.224 e. The predicted molar refractivity (Wildman–Crippen MR) is 78.5 cm³/mol. The highest BCUT2D eigenvalue weighted by molar-refractivity contribution is 7.98. The fourth-order valence-corrected chi connectivity index (χ4v) is 3.21. The Labute approximate surface area is 121 Å². The van der Waals surface area contributed by atoms with Crippen molar-refractivity contribution >= 4 is 29.2 Å². The summed E-state index contributed by atoms with van der Waals surface area (Å²) in [5, 5.41) is 3.66. The van der Waals surface area contributed by atoms with Gasteiger partial charge in [0, 0.05) is 30.3 Å². The number of hydrogen-bond donors (Lipinski definition) is 1. The Hall–Kier alpha value is -1.33. The van der Waals surface area contributed by atoms with Crippen LogP contribution in [-0.2, 0) is 18.7 Å². The first-order valence-corrected chi connectivity index (χ1v) is 7.62. The van der Waals surface area contributed by atoms with E-state index in [-0.39, 0.29) is 0 Å². The highest BCUT2D eigenvalue weighted by atomic mass is 35.5. The molecule has 1 aliphatic rings. The first kappa shape index (κ1) is 12.7. The number of nitrogens with one attached hydrogen (secondary N) is 1. The normalized spacial score (nSPS) is 13.9. The summed E-state index contributed by atoms with van der Waals surface area (Å²) >= 11 is 7.89. The minimum Gasteiger partial charge on any atom is -0.366 e. The van der Waals surface area contributed by atoms with Gasteiger partial charge in [0.1, 0.15) is 5.82 Å². The number of fused-ring (bicyclic) bond motifs is 1. The van der Waals surface area contributed by atoms with Gasteiger partial charge in [0.25, 0.3) is 0 Å². The molecule has 0 fully saturated rings. The number of nitrogens with zero attached hydrogens (tertiary/aromatic N) is 3. The largest absolute Gasteiger partial charge is 0.366 e. The minimum atomic E-state index is 0.319. The quantitative estimate of drug-likeness (QED) is 0.882. The molecule has 0 saturated carbocycles. The van der Waals surface area contributed by atoms with E-state index in [9.17, 15) is 0 Å². The van der Waals surface area contributed by atoms with Crippen LogP contribution in [0.25, 0.3) is 0 Å². The third-order valence-electron chi connectivity index (χ3n) is 2.98. The number of aryl methyl sites for hydroxylation is 1. The van der Waals surface area contributed by atoms with Gasteiger partial charge in [-0.15, -0.1) is 0 Å². The Morgan fingerprint density at radius 3 is 3.16 bits per heavy atom. The predicted octanol–water partition coefficient (Wildman–Crippen LogP) is 2.93. The van der Waals surface area contributed by atoms with Crippen LogP contribution in [0.1, 0.15) is 16.8 Å². The zero-order valence-electron chi connectivity index (χ0n) is 10.3. The van der Waals surface area contributed by atoms with E-state index in [2.05, 4.69) is 20.3 Å². The third-order valence-corrected chi connectivity index (χ3v) is 4.13. The van der Waals surface area contributed by atoms with Gasteiger partial charge in [-0.3, -0.25) is 4.98 Å². The molecule has 6 heteroatoms. The second-order valence-electron chi connectivity index (χ2n) is 4.28. The molecule has 0 spiro atoms. The minimum absolute atomic E-state index is 0.319. The average molecular weight is 293 g/mol. The van der Waals surface area contributed by atoms with Crippen molar-refractivity contribution in [1.82, 2.24) is 15.0 Å². The molecule has 1 N–H and O–H groups in total. The lowest BCUT2D eigenvalue weighted by Gasteiger charge is -2.18. The number of pyridine rings is 1. The summed E-state index contributed by atoms with van der Waals surface area (Å²) in [5.41, 5.74) is 3.38. The van der Waals surface area contributed by atoms with Crippen LogP contribution in [0.4, 0.5) is 5.82 Å². The van der Waals surface area contributed by atoms with Gasteiger partial charge in [0.2, 0.25) is 5.28 Å². The average Bonchev–Trinajstić information content (AvgIpc) is 2.45. The molecule has 19 heavy (non-hydrogen) atoms. The van der Waals surface area contributed by atoms with E-state index in [1.165, 1.54) is 5.56 Å². The van der Waals surface area contributed by atoms with Crippen molar-refractivity contribution < 1.29 is 0 Å². The van der Waals surface area contributed by atoms with Crippen LogP contribution >= 0.6 is 23.4 Å². The summed E-state index contributed by atoms with van der Waals surface area (Å²) in [5.74, 6) is 2.90. The summed E-state index contributed by atoms with van der Waals surface area (Å²) in [6, 6.07) is 3.96. The van der Waals surface area contributed by atoms with E-state index in [0.717, 1.165) is 35.0 Å². The van der Waals surface area contributed by atoms with Crippen LogP contribution in [0.15, 0.2) is 24.5 Å². The third kappa shape index (κ3) is 2.98. The molecule has 2 aromatic heterocycles. The van der Waals surface area contributed by atoms with Gasteiger partial charge < -0.3 is 5.32 Å². The zero-order chi connectivity index (χ0) is 13.1. The number of thioether (sulfide) groups is 1. The lowest BCUT2D eigenvalue weighted by atomic mass is 10.2. The molecule has 0 aliphatic carbocycles. The molecule has 98 valence electrons. The molecule has 0 amide bonds. The van der Waals surface area contributed by atoms with Crippen molar-refractivity contribution in [2.24, 2.45) is 0 Å². The van der Waals surface area contributed by atoms with E-state index in [0.29, 0.717) is 11.8 Å². The first-order chi connectivity index (χ1) is 9.33. The maximum Gasteiger partial charge on any atom is 0.224 e. The van der Waals surface area contributed by atoms with Gasteiger partial charge in [-0.1, -0.05) is 6.07 Å². The summed E-state index contributed by atoms with van der Waals surface area (Å²) in [6.45, 7) is 0.693. The van der Waals surface area contributed by atoms with E-state index >= 15 is 0 Å². The van der Waals surface area contributed by atoms with E-state index in [1.54, 1.807) is 6.20 Å². The Balaban J connectivity index is 1.82. The lowest BCUT2D eigenvalue weighted by Crippen LogP contribution is -2.12. The second kappa shape index (κ2) is 5.75. The van der Waals surface area contributed by atoms with E-state index < -0.39 is 0 Å². The van der Waals surface area contributed by atoms with Crippen molar-refractivity contribution in [2.75, 3.05) is 11.1 Å². The zero-order valence-corrected chi connectivity index (χ0v) is 11.8. The molecule has 0 unspecified atom stereocenters. The van der Waals surface area contributed by atoms with E-state index in [1.807, 2.05) is 30.1 Å². The van der Waals surface area contributed by atoms with Crippen LogP contribution in [0.3, 0.4) is 0 Å². The SMILES string of the molecule is Clc1nc2c(c(NCc3cccnc3)n1)CSCC2. The van der Waals surface area contributed by atoms with Gasteiger partial charge >= 0.3 is 0 Å². The molecule has 3 rings (SSSR count). The van der Waals surface area contributed by atoms with Gasteiger partial charge in [0.15, 0.2) is 0 Å². The topological polar surface area (TPSA) is 50.7 Å². The summed E-state index contributed by atoms with van der Waals surface area (Å²) in [7, 11) is 0. The summed E-state index contributed by atoms with van der Waals surface area (Å²) < 4.78 is 0. The molecule has 0 radical (unpaired) electrons. The van der Waals surface area contributed by atoms with Crippen LogP contribution in [0.5, 0.6) is 0 Å². The number of halogens is 1. The highest BCUT2D eigenvalue weighted by Crippen LogP contribution is 2.29. The number of hydrogen-bond acceptors (Lipinski definition) is 5. The molecular formula is C13H13ClN4S. The van der Waals surface area contributed by atoms with Crippen LogP contribution < -0.4 is 5.32 Å². The van der Waals surface area contributed by atoms with Crippen molar-refractivity contribution in [3.63, 3.8) is 0 Å². The molecule has 0 atom stereocenters. The monoisotopic (exact) mass is 292 g/mol. The van der Waals surface area contributed by atoms with Crippen molar-refractivity contribution in [1.29, 1.82) is 0 Å². The molecule has 0 bridgehead atoms. The van der Waals surface area contributed by atoms with Crippen molar-refractivity contribution in [3.8, 4) is 0 Å². The molecule has 2 aromatic rings. The van der Waals surface area contributed by atoms with Gasteiger partial charge in [0.05, 0.1) is 5.69 Å². The van der Waals surface area contributed by atoms with Gasteiger partial charge in [-0.05, 0) is 35.4 Å². The molecule has 0 saturated heterocycles. The second-order valence-corrected chi connectivity index (χ2v) is 5.73. The van der Waals surface area contributed by atoms with Crippen molar-refractivity contribution in [2.45, 2.75) is 18.7 Å². The summed E-state index contributed by atoms with van der Waals surface area (Å²) in [4.78, 5) is 12.7. The van der Waals surface area contributed by atoms with Gasteiger partial charge in [-0.2, -0.15) is 11.8 Å². The van der Waals surface area contributed by atoms with Crippen LogP contribution in [0.2, 0.25) is 5.28 Å². The Morgan fingerprint density at radius 2 is 2.32 bits per heavy atom. The van der Waals surface area contributed by atoms with Gasteiger partial charge in [-0.25, -0.2) is 9.97 Å². The number of anilines is 1. The molecule has 1 aliphatic heterocycles.